The van der Waals surface area contributed by atoms with Crippen LogP contribution in [0.5, 0.6) is 0 Å². The van der Waals surface area contributed by atoms with Gasteiger partial charge in [0.15, 0.2) is 0 Å². The molecule has 26 heavy (non-hydrogen) atoms. The summed E-state index contributed by atoms with van der Waals surface area (Å²) in [6, 6.07) is 29.1. The van der Waals surface area contributed by atoms with Crippen LogP contribution in [0, 0.1) is 0 Å². The minimum Gasteiger partial charge on any atom is -0.312 e. The molecule has 0 unspecified atom stereocenters. The third kappa shape index (κ3) is 3.60. The minimum atomic E-state index is 0.209. The van der Waals surface area contributed by atoms with E-state index in [-0.39, 0.29) is 5.91 Å². The first-order valence-electron chi connectivity index (χ1n) is 9.00. The van der Waals surface area contributed by atoms with Crippen LogP contribution in [0.4, 0.5) is 0 Å². The Bertz CT molecular complexity index is 911. The molecule has 0 radical (unpaired) electrons. The number of carbonyl (C=O) groups excluding carboxylic acids is 1. The van der Waals surface area contributed by atoms with Crippen molar-refractivity contribution in [2.75, 3.05) is 0 Å². The maximum atomic E-state index is 12.3. The van der Waals surface area contributed by atoms with Crippen molar-refractivity contribution in [3.05, 3.63) is 102 Å². The molecule has 3 aromatic rings. The molecule has 1 fully saturated rings. The van der Waals surface area contributed by atoms with Crippen LogP contribution in [0.1, 0.15) is 24.0 Å². The molecule has 0 aliphatic carbocycles. The Morgan fingerprint density at radius 2 is 1.35 bits per heavy atom. The lowest BCUT2D eigenvalue weighted by Gasteiger charge is -2.18. The maximum absolute atomic E-state index is 12.3. The van der Waals surface area contributed by atoms with Crippen LogP contribution in [0.15, 0.2) is 90.6 Å². The quantitative estimate of drug-likeness (QED) is 0.613. The molecule has 1 amide bonds. The molecule has 1 aliphatic heterocycles. The van der Waals surface area contributed by atoms with Crippen molar-refractivity contribution in [2.24, 2.45) is 0 Å². The molecule has 4 rings (SSSR count). The van der Waals surface area contributed by atoms with Crippen LogP contribution in [0.2, 0.25) is 0 Å². The number of likely N-dealkylation sites (tertiary alicyclic amines) is 1. The fourth-order valence-electron chi connectivity index (χ4n) is 3.37. The van der Waals surface area contributed by atoms with Crippen LogP contribution < -0.4 is 0 Å². The first-order chi connectivity index (χ1) is 12.8. The van der Waals surface area contributed by atoms with Crippen LogP contribution in [-0.2, 0) is 11.3 Å². The number of nitrogens with zero attached hydrogens (tertiary/aromatic N) is 1. The molecule has 2 heteroatoms. The lowest BCUT2D eigenvalue weighted by Crippen LogP contribution is -2.22. The highest BCUT2D eigenvalue weighted by atomic mass is 16.2. The predicted molar refractivity (Wildman–Crippen MR) is 106 cm³/mol. The van der Waals surface area contributed by atoms with Gasteiger partial charge in [0, 0.05) is 12.1 Å². The molecule has 0 atom stereocenters. The van der Waals surface area contributed by atoms with Crippen molar-refractivity contribution in [1.29, 1.82) is 0 Å². The Morgan fingerprint density at radius 3 is 2.04 bits per heavy atom. The van der Waals surface area contributed by atoms with Crippen LogP contribution >= 0.6 is 0 Å². The molecule has 1 heterocycles. The number of hydrogen-bond donors (Lipinski definition) is 0. The molecule has 128 valence electrons. The standard InChI is InChI=1S/C24H21NO/c26-24-16-15-23(25(24)18-20-7-3-1-4-8-20)17-19-11-13-22(14-12-19)21-9-5-2-6-10-21/h1-14,17H,15-16,18H2. The zero-order chi connectivity index (χ0) is 17.8. The summed E-state index contributed by atoms with van der Waals surface area (Å²) in [6.07, 6.45) is 3.55. The van der Waals surface area contributed by atoms with E-state index in [0.717, 1.165) is 23.2 Å². The van der Waals surface area contributed by atoms with Gasteiger partial charge in [0.25, 0.3) is 0 Å². The summed E-state index contributed by atoms with van der Waals surface area (Å²) < 4.78 is 0. The van der Waals surface area contributed by atoms with Crippen molar-refractivity contribution < 1.29 is 4.79 Å². The lowest BCUT2D eigenvalue weighted by molar-refractivity contribution is -0.127. The highest BCUT2D eigenvalue weighted by molar-refractivity contribution is 5.83. The molecular formula is C24H21NO. The second-order valence-corrected chi connectivity index (χ2v) is 6.59. The van der Waals surface area contributed by atoms with Gasteiger partial charge in [0.05, 0.1) is 6.54 Å². The molecule has 0 bridgehead atoms. The second kappa shape index (κ2) is 7.40. The average Bonchev–Trinajstić information content (AvgIpc) is 3.03. The van der Waals surface area contributed by atoms with E-state index in [1.54, 1.807) is 0 Å². The third-order valence-electron chi connectivity index (χ3n) is 4.78. The lowest BCUT2D eigenvalue weighted by atomic mass is 10.0. The monoisotopic (exact) mass is 339 g/mol. The average molecular weight is 339 g/mol. The zero-order valence-electron chi connectivity index (χ0n) is 14.6. The van der Waals surface area contributed by atoms with Crippen molar-refractivity contribution in [3.63, 3.8) is 0 Å². The Balaban J connectivity index is 1.55. The van der Waals surface area contributed by atoms with Gasteiger partial charge in [-0.3, -0.25) is 4.79 Å². The number of carbonyl (C=O) groups is 1. The predicted octanol–water partition coefficient (Wildman–Crippen LogP) is 5.52. The normalized spacial score (nSPS) is 15.6. The van der Waals surface area contributed by atoms with E-state index in [9.17, 15) is 4.79 Å². The van der Waals surface area contributed by atoms with E-state index in [1.165, 1.54) is 11.1 Å². The smallest absolute Gasteiger partial charge is 0.227 e. The van der Waals surface area contributed by atoms with Gasteiger partial charge in [0.2, 0.25) is 5.91 Å². The summed E-state index contributed by atoms with van der Waals surface area (Å²) >= 11 is 0. The minimum absolute atomic E-state index is 0.209. The van der Waals surface area contributed by atoms with E-state index in [4.69, 9.17) is 0 Å². The number of allylic oxidation sites excluding steroid dienone is 1. The fraction of sp³-hybridized carbons (Fsp3) is 0.125. The summed E-state index contributed by atoms with van der Waals surface area (Å²) in [4.78, 5) is 14.2. The van der Waals surface area contributed by atoms with E-state index >= 15 is 0 Å². The SMILES string of the molecule is O=C1CCC(=Cc2ccc(-c3ccccc3)cc2)N1Cc1ccccc1. The van der Waals surface area contributed by atoms with E-state index in [0.29, 0.717) is 13.0 Å². The largest absolute Gasteiger partial charge is 0.312 e. The van der Waals surface area contributed by atoms with Crippen molar-refractivity contribution in [3.8, 4) is 11.1 Å². The van der Waals surface area contributed by atoms with E-state index in [2.05, 4.69) is 66.7 Å². The molecule has 0 N–H and O–H groups in total. The van der Waals surface area contributed by atoms with E-state index < -0.39 is 0 Å². The summed E-state index contributed by atoms with van der Waals surface area (Å²) in [7, 11) is 0. The van der Waals surface area contributed by atoms with Crippen molar-refractivity contribution in [2.45, 2.75) is 19.4 Å². The van der Waals surface area contributed by atoms with Gasteiger partial charge in [-0.05, 0) is 34.8 Å². The topological polar surface area (TPSA) is 20.3 Å². The highest BCUT2D eigenvalue weighted by Gasteiger charge is 2.25. The molecule has 0 aromatic heterocycles. The van der Waals surface area contributed by atoms with Gasteiger partial charge >= 0.3 is 0 Å². The van der Waals surface area contributed by atoms with Gasteiger partial charge < -0.3 is 4.90 Å². The van der Waals surface area contributed by atoms with Crippen LogP contribution in [0.3, 0.4) is 0 Å². The molecule has 2 nitrogen and oxygen atoms in total. The van der Waals surface area contributed by atoms with Gasteiger partial charge in [-0.1, -0.05) is 84.9 Å². The highest BCUT2D eigenvalue weighted by Crippen LogP contribution is 2.27. The van der Waals surface area contributed by atoms with Gasteiger partial charge in [0.1, 0.15) is 0 Å². The Labute approximate surface area is 154 Å². The summed E-state index contributed by atoms with van der Waals surface area (Å²) in [5.41, 5.74) is 5.82. The molecular weight excluding hydrogens is 318 g/mol. The van der Waals surface area contributed by atoms with Crippen LogP contribution in [-0.4, -0.2) is 10.8 Å². The second-order valence-electron chi connectivity index (χ2n) is 6.59. The summed E-state index contributed by atoms with van der Waals surface area (Å²) in [6.45, 7) is 0.646. The molecule has 1 aliphatic rings. The maximum Gasteiger partial charge on any atom is 0.227 e. The number of rotatable bonds is 4. The van der Waals surface area contributed by atoms with Crippen LogP contribution in [0.25, 0.3) is 17.2 Å². The summed E-state index contributed by atoms with van der Waals surface area (Å²) in [5.74, 6) is 0.209. The number of amides is 1. The van der Waals surface area contributed by atoms with Gasteiger partial charge in [-0.15, -0.1) is 0 Å². The first kappa shape index (κ1) is 16.3. The van der Waals surface area contributed by atoms with E-state index in [1.807, 2.05) is 29.2 Å². The summed E-state index contributed by atoms with van der Waals surface area (Å²) in [5, 5.41) is 0. The van der Waals surface area contributed by atoms with Crippen molar-refractivity contribution >= 4 is 12.0 Å². The first-order valence-corrected chi connectivity index (χ1v) is 9.00. The number of benzene rings is 3. The fourth-order valence-corrected chi connectivity index (χ4v) is 3.37. The molecule has 0 saturated carbocycles. The van der Waals surface area contributed by atoms with Gasteiger partial charge in [-0.25, -0.2) is 0 Å². The number of hydrogen-bond acceptors (Lipinski definition) is 1. The Kier molecular flexibility index (Phi) is 4.65. The van der Waals surface area contributed by atoms with Crippen molar-refractivity contribution in [1.82, 2.24) is 4.90 Å². The molecule has 3 aromatic carbocycles. The molecule has 1 saturated heterocycles. The third-order valence-corrected chi connectivity index (χ3v) is 4.78. The zero-order valence-corrected chi connectivity index (χ0v) is 14.6. The Hall–Kier alpha value is -3.13. The molecule has 0 spiro atoms. The Morgan fingerprint density at radius 1 is 0.731 bits per heavy atom. The van der Waals surface area contributed by atoms with Gasteiger partial charge in [-0.2, -0.15) is 0 Å².